The topological polar surface area (TPSA) is 119 Å². The van der Waals surface area contributed by atoms with Crippen LogP contribution in [0.25, 0.3) is 5.69 Å². The molecule has 8 heteroatoms. The van der Waals surface area contributed by atoms with Crippen LogP contribution in [-0.4, -0.2) is 34.0 Å². The summed E-state index contributed by atoms with van der Waals surface area (Å²) in [7, 11) is 0. The van der Waals surface area contributed by atoms with Crippen molar-refractivity contribution in [2.24, 2.45) is 5.73 Å². The Morgan fingerprint density at radius 1 is 1.21 bits per heavy atom. The Hall–Kier alpha value is -3.16. The van der Waals surface area contributed by atoms with Gasteiger partial charge in [0.15, 0.2) is 0 Å². The van der Waals surface area contributed by atoms with Gasteiger partial charge in [0.25, 0.3) is 5.91 Å². The first-order valence-corrected chi connectivity index (χ1v) is 7.41. The Kier molecular flexibility index (Phi) is 5.67. The summed E-state index contributed by atoms with van der Waals surface area (Å²) < 4.78 is 1.57. The molecule has 3 amide bonds. The first-order chi connectivity index (χ1) is 11.5. The Morgan fingerprint density at radius 3 is 2.67 bits per heavy atom. The number of rotatable bonds is 7. The van der Waals surface area contributed by atoms with Crippen molar-refractivity contribution in [3.63, 3.8) is 0 Å². The fraction of sp³-hybridized carbons (Fsp3) is 0.250. The molecule has 126 valence electrons. The molecule has 0 spiro atoms. The first kappa shape index (κ1) is 17.2. The van der Waals surface area contributed by atoms with Gasteiger partial charge in [-0.3, -0.25) is 14.4 Å². The molecule has 0 fully saturated rings. The van der Waals surface area contributed by atoms with Gasteiger partial charge in [-0.25, -0.2) is 4.68 Å². The number of carbonyl (C=O) groups excluding carboxylic acids is 3. The molecule has 1 aromatic heterocycles. The molecule has 0 saturated heterocycles. The van der Waals surface area contributed by atoms with Crippen LogP contribution in [0.3, 0.4) is 0 Å². The molecule has 0 saturated carbocycles. The van der Waals surface area contributed by atoms with Crippen LogP contribution in [0.4, 0.5) is 0 Å². The second-order valence-electron chi connectivity index (χ2n) is 5.19. The summed E-state index contributed by atoms with van der Waals surface area (Å²) >= 11 is 0. The Labute approximate surface area is 139 Å². The lowest BCUT2D eigenvalue weighted by molar-refractivity contribution is -0.119. The van der Waals surface area contributed by atoms with E-state index in [-0.39, 0.29) is 24.8 Å². The van der Waals surface area contributed by atoms with Crippen LogP contribution in [-0.2, 0) is 16.1 Å². The van der Waals surface area contributed by atoms with Crippen molar-refractivity contribution < 1.29 is 14.4 Å². The number of carbonyl (C=O) groups is 3. The number of amides is 3. The second-order valence-corrected chi connectivity index (χ2v) is 5.19. The predicted molar refractivity (Wildman–Crippen MR) is 87.2 cm³/mol. The standard InChI is InChI=1S/C16H19N5O3/c1-11(22)19-8-12-9-20-21(10-12)14-5-3-2-4-13(14)16(24)18-7-6-15(17)23/h2-5,9-10H,6-8H2,1H3,(H2,17,23)(H,18,24)(H,19,22). The maximum absolute atomic E-state index is 12.3. The SMILES string of the molecule is CC(=O)NCc1cnn(-c2ccccc2C(=O)NCCC(N)=O)c1. The molecule has 8 nitrogen and oxygen atoms in total. The maximum atomic E-state index is 12.3. The van der Waals surface area contributed by atoms with Gasteiger partial charge in [0.2, 0.25) is 11.8 Å². The second kappa shape index (κ2) is 7.91. The Bertz CT molecular complexity index is 754. The molecule has 0 aliphatic carbocycles. The first-order valence-electron chi connectivity index (χ1n) is 7.41. The van der Waals surface area contributed by atoms with Gasteiger partial charge in [0.05, 0.1) is 17.4 Å². The molecule has 2 rings (SSSR count). The molecule has 4 N–H and O–H groups in total. The van der Waals surface area contributed by atoms with Crippen molar-refractivity contribution in [3.05, 3.63) is 47.8 Å². The van der Waals surface area contributed by atoms with Gasteiger partial charge >= 0.3 is 0 Å². The summed E-state index contributed by atoms with van der Waals surface area (Å²) in [6.45, 7) is 1.98. The van der Waals surface area contributed by atoms with E-state index in [1.807, 2.05) is 0 Å². The summed E-state index contributed by atoms with van der Waals surface area (Å²) in [5, 5.41) is 9.56. The highest BCUT2D eigenvalue weighted by Crippen LogP contribution is 2.14. The molecule has 1 aromatic carbocycles. The maximum Gasteiger partial charge on any atom is 0.253 e. The molecular weight excluding hydrogens is 310 g/mol. The summed E-state index contributed by atoms with van der Waals surface area (Å²) in [4.78, 5) is 34.0. The monoisotopic (exact) mass is 329 g/mol. The van der Waals surface area contributed by atoms with Crippen molar-refractivity contribution >= 4 is 17.7 Å². The number of primary amides is 1. The molecule has 0 aliphatic heterocycles. The lowest BCUT2D eigenvalue weighted by Gasteiger charge is -2.09. The number of para-hydroxylation sites is 1. The number of nitrogens with one attached hydrogen (secondary N) is 2. The molecule has 0 unspecified atom stereocenters. The summed E-state index contributed by atoms with van der Waals surface area (Å²) in [5.74, 6) is -0.916. The van der Waals surface area contributed by atoms with Crippen molar-refractivity contribution in [3.8, 4) is 5.69 Å². The number of nitrogens with two attached hydrogens (primary N) is 1. The third-order valence-electron chi connectivity index (χ3n) is 3.23. The van der Waals surface area contributed by atoms with Gasteiger partial charge < -0.3 is 16.4 Å². The minimum atomic E-state index is -0.474. The van der Waals surface area contributed by atoms with Gasteiger partial charge in [0.1, 0.15) is 0 Å². The van der Waals surface area contributed by atoms with Gasteiger partial charge in [-0.1, -0.05) is 12.1 Å². The molecule has 2 aromatic rings. The minimum absolute atomic E-state index is 0.0799. The van der Waals surface area contributed by atoms with Crippen LogP contribution < -0.4 is 16.4 Å². The van der Waals surface area contributed by atoms with E-state index in [4.69, 9.17) is 5.73 Å². The van der Waals surface area contributed by atoms with Crippen LogP contribution in [0.5, 0.6) is 0 Å². The number of benzene rings is 1. The number of aromatic nitrogens is 2. The molecule has 0 radical (unpaired) electrons. The van der Waals surface area contributed by atoms with Gasteiger partial charge in [-0.2, -0.15) is 5.10 Å². The van der Waals surface area contributed by atoms with Gasteiger partial charge in [-0.05, 0) is 12.1 Å². The van der Waals surface area contributed by atoms with Crippen LogP contribution in [0.15, 0.2) is 36.7 Å². The zero-order chi connectivity index (χ0) is 17.5. The van der Waals surface area contributed by atoms with E-state index >= 15 is 0 Å². The average Bonchev–Trinajstić information content (AvgIpc) is 3.01. The summed E-state index contributed by atoms with van der Waals surface area (Å²) in [5.41, 5.74) is 6.90. The summed E-state index contributed by atoms with van der Waals surface area (Å²) in [6.07, 6.45) is 3.44. The van der Waals surface area contributed by atoms with Crippen molar-refractivity contribution in [1.82, 2.24) is 20.4 Å². The Morgan fingerprint density at radius 2 is 1.96 bits per heavy atom. The van der Waals surface area contributed by atoms with E-state index in [9.17, 15) is 14.4 Å². The highest BCUT2D eigenvalue weighted by atomic mass is 16.2. The van der Waals surface area contributed by atoms with Crippen molar-refractivity contribution in [1.29, 1.82) is 0 Å². The fourth-order valence-corrected chi connectivity index (χ4v) is 2.07. The van der Waals surface area contributed by atoms with E-state index < -0.39 is 5.91 Å². The largest absolute Gasteiger partial charge is 0.370 e. The zero-order valence-electron chi connectivity index (χ0n) is 13.3. The quantitative estimate of drug-likeness (QED) is 0.668. The molecular formula is C16H19N5O3. The van der Waals surface area contributed by atoms with E-state index in [2.05, 4.69) is 15.7 Å². The number of hydrogen-bond acceptors (Lipinski definition) is 4. The number of hydrogen-bond donors (Lipinski definition) is 3. The predicted octanol–water partition coefficient (Wildman–Crippen LogP) is 0.114. The normalized spacial score (nSPS) is 10.2. The summed E-state index contributed by atoms with van der Waals surface area (Å²) in [6, 6.07) is 6.97. The average molecular weight is 329 g/mol. The van der Waals surface area contributed by atoms with Gasteiger partial charge in [0, 0.05) is 38.2 Å². The number of nitrogens with zero attached hydrogens (tertiary/aromatic N) is 2. The Balaban J connectivity index is 2.15. The van der Waals surface area contributed by atoms with E-state index in [1.165, 1.54) is 6.92 Å². The van der Waals surface area contributed by atoms with Crippen molar-refractivity contribution in [2.45, 2.75) is 19.9 Å². The highest BCUT2D eigenvalue weighted by molar-refractivity contribution is 5.97. The van der Waals surface area contributed by atoms with E-state index in [0.29, 0.717) is 17.8 Å². The lowest BCUT2D eigenvalue weighted by Crippen LogP contribution is -2.28. The smallest absolute Gasteiger partial charge is 0.253 e. The van der Waals surface area contributed by atoms with Gasteiger partial charge in [-0.15, -0.1) is 0 Å². The van der Waals surface area contributed by atoms with Crippen LogP contribution >= 0.6 is 0 Å². The van der Waals surface area contributed by atoms with E-state index in [1.54, 1.807) is 41.3 Å². The minimum Gasteiger partial charge on any atom is -0.370 e. The van der Waals surface area contributed by atoms with Crippen molar-refractivity contribution in [2.75, 3.05) is 6.54 Å². The highest BCUT2D eigenvalue weighted by Gasteiger charge is 2.13. The lowest BCUT2D eigenvalue weighted by atomic mass is 10.1. The molecule has 0 aliphatic rings. The molecule has 0 atom stereocenters. The van der Waals surface area contributed by atoms with Crippen LogP contribution in [0.1, 0.15) is 29.3 Å². The zero-order valence-corrected chi connectivity index (χ0v) is 13.3. The third-order valence-corrected chi connectivity index (χ3v) is 3.23. The van der Waals surface area contributed by atoms with E-state index in [0.717, 1.165) is 5.56 Å². The van der Waals surface area contributed by atoms with Crippen LogP contribution in [0, 0.1) is 0 Å². The third kappa shape index (κ3) is 4.67. The molecule has 24 heavy (non-hydrogen) atoms. The molecule has 0 bridgehead atoms. The molecule has 1 heterocycles. The fourth-order valence-electron chi connectivity index (χ4n) is 2.07. The van der Waals surface area contributed by atoms with Crippen LogP contribution in [0.2, 0.25) is 0 Å².